The van der Waals surface area contributed by atoms with Crippen molar-refractivity contribution >= 4 is 58.1 Å². The smallest absolute Gasteiger partial charge is 0.406 e. The van der Waals surface area contributed by atoms with Gasteiger partial charge in [0.25, 0.3) is 5.91 Å². The number of halogens is 3. The van der Waals surface area contributed by atoms with Crippen molar-refractivity contribution in [1.82, 2.24) is 16.0 Å². The van der Waals surface area contributed by atoms with Gasteiger partial charge in [0, 0.05) is 17.6 Å². The lowest BCUT2D eigenvalue weighted by atomic mass is 9.73. The fourth-order valence-corrected chi connectivity index (χ4v) is 4.29. The van der Waals surface area contributed by atoms with Gasteiger partial charge in [-0.25, -0.2) is 0 Å². The lowest BCUT2D eigenvalue weighted by molar-refractivity contribution is -0.120. The predicted molar refractivity (Wildman–Crippen MR) is 128 cm³/mol. The van der Waals surface area contributed by atoms with Crippen molar-refractivity contribution in [1.29, 1.82) is 0 Å². The molecule has 2 unspecified atom stereocenters. The van der Waals surface area contributed by atoms with E-state index in [4.69, 9.17) is 32.5 Å². The highest BCUT2D eigenvalue weighted by Gasteiger charge is 2.36. The summed E-state index contributed by atoms with van der Waals surface area (Å²) in [4.78, 5) is 25.2. The Morgan fingerprint density at radius 3 is 2.42 bits per heavy atom. The Balaban J connectivity index is 2.03. The molecule has 1 aliphatic heterocycles. The number of hydrogen-bond donors (Lipinski definition) is 3. The summed E-state index contributed by atoms with van der Waals surface area (Å²) in [6.07, 6.45) is 0.542. The number of hydrogen-bond acceptors (Lipinski definition) is 5. The van der Waals surface area contributed by atoms with Gasteiger partial charge in [-0.05, 0) is 54.2 Å². The molecule has 11 heteroatoms. The van der Waals surface area contributed by atoms with Crippen LogP contribution in [0.2, 0.25) is 10.0 Å². The number of benzene rings is 1. The first kappa shape index (κ1) is 26.4. The van der Waals surface area contributed by atoms with E-state index in [1.807, 2.05) is 13.8 Å². The SMILES string of the molecule is CC(C)C[C@H](NC(=O)CNC(=O)c1c(Br)ccc(Cl)c1Cl)B1OC(C)CNCC(C)O1. The molecule has 0 aromatic heterocycles. The largest absolute Gasteiger partial charge is 0.481 e. The normalized spacial score (nSPS) is 20.7. The number of rotatable bonds is 7. The molecule has 0 spiro atoms. The Labute approximate surface area is 202 Å². The van der Waals surface area contributed by atoms with E-state index >= 15 is 0 Å². The predicted octanol–water partition coefficient (Wildman–Crippen LogP) is 3.46. The third-order valence-electron chi connectivity index (χ3n) is 4.68. The van der Waals surface area contributed by atoms with E-state index in [1.54, 1.807) is 12.1 Å². The zero-order valence-electron chi connectivity index (χ0n) is 18.1. The fraction of sp³-hybridized carbons (Fsp3) is 0.600. The van der Waals surface area contributed by atoms with Crippen LogP contribution in [0, 0.1) is 5.92 Å². The van der Waals surface area contributed by atoms with Crippen molar-refractivity contribution in [2.45, 2.75) is 52.3 Å². The summed E-state index contributed by atoms with van der Waals surface area (Å²) >= 11 is 15.4. The molecule has 0 bridgehead atoms. The standard InChI is InChI=1S/C20H29BBrCl2N3O4/c1-11(2)7-16(21-30-12(3)8-25-9-13(4)31-21)27-17(28)10-26-20(29)18-14(22)5-6-15(23)19(18)24/h5-6,11-13,16,25H,7-10H2,1-4H3,(H,26,29)(H,27,28)/t12?,13?,16-/m0/s1. The zero-order valence-corrected chi connectivity index (χ0v) is 21.2. The van der Waals surface area contributed by atoms with Crippen LogP contribution in [-0.2, 0) is 14.1 Å². The highest BCUT2D eigenvalue weighted by molar-refractivity contribution is 9.10. The van der Waals surface area contributed by atoms with E-state index in [1.165, 1.54) is 0 Å². The summed E-state index contributed by atoms with van der Waals surface area (Å²) in [5, 5.41) is 9.22. The zero-order chi connectivity index (χ0) is 23.1. The summed E-state index contributed by atoms with van der Waals surface area (Å²) < 4.78 is 12.6. The molecular formula is C20H29BBrCl2N3O4. The molecule has 31 heavy (non-hydrogen) atoms. The van der Waals surface area contributed by atoms with E-state index in [2.05, 4.69) is 45.7 Å². The molecule has 1 fully saturated rings. The van der Waals surface area contributed by atoms with Gasteiger partial charge in [-0.15, -0.1) is 0 Å². The summed E-state index contributed by atoms with van der Waals surface area (Å²) in [5.74, 6) is -0.890. The van der Waals surface area contributed by atoms with Crippen LogP contribution < -0.4 is 16.0 Å². The van der Waals surface area contributed by atoms with Crippen LogP contribution in [0.25, 0.3) is 0 Å². The molecule has 0 radical (unpaired) electrons. The van der Waals surface area contributed by atoms with Crippen molar-refractivity contribution in [3.63, 3.8) is 0 Å². The number of nitrogens with one attached hydrogen (secondary N) is 3. The molecule has 2 amide bonds. The summed E-state index contributed by atoms with van der Waals surface area (Å²) in [6, 6.07) is 3.21. The maximum Gasteiger partial charge on any atom is 0.481 e. The molecular weight excluding hydrogens is 508 g/mol. The third kappa shape index (κ3) is 8.22. The maximum absolute atomic E-state index is 12.6. The van der Waals surface area contributed by atoms with E-state index in [9.17, 15) is 9.59 Å². The van der Waals surface area contributed by atoms with Crippen LogP contribution in [0.3, 0.4) is 0 Å². The topological polar surface area (TPSA) is 88.7 Å². The quantitative estimate of drug-likeness (QED) is 0.367. The van der Waals surface area contributed by atoms with Crippen LogP contribution in [-0.4, -0.2) is 56.7 Å². The highest BCUT2D eigenvalue weighted by atomic mass is 79.9. The molecule has 2 rings (SSSR count). The van der Waals surface area contributed by atoms with E-state index in [-0.39, 0.29) is 46.2 Å². The van der Waals surface area contributed by atoms with Gasteiger partial charge in [0.2, 0.25) is 5.91 Å². The second-order valence-corrected chi connectivity index (χ2v) is 9.76. The minimum atomic E-state index is -0.578. The van der Waals surface area contributed by atoms with Crippen molar-refractivity contribution in [2.24, 2.45) is 5.92 Å². The maximum atomic E-state index is 12.6. The molecule has 0 aliphatic carbocycles. The minimum absolute atomic E-state index is 0.0638. The summed E-state index contributed by atoms with van der Waals surface area (Å²) in [5.41, 5.74) is 0.183. The van der Waals surface area contributed by atoms with Gasteiger partial charge in [0.15, 0.2) is 0 Å². The van der Waals surface area contributed by atoms with Gasteiger partial charge in [0.1, 0.15) is 0 Å². The van der Waals surface area contributed by atoms with Crippen molar-refractivity contribution in [3.8, 4) is 0 Å². The van der Waals surface area contributed by atoms with Crippen LogP contribution in [0.1, 0.15) is 44.5 Å². The first-order chi connectivity index (χ1) is 14.6. The Bertz CT molecular complexity index is 775. The average molecular weight is 537 g/mol. The lowest BCUT2D eigenvalue weighted by Crippen LogP contribution is -2.56. The Hall–Kier alpha value is -0.835. The monoisotopic (exact) mass is 535 g/mol. The fourth-order valence-electron chi connectivity index (χ4n) is 3.25. The average Bonchev–Trinajstić information content (AvgIpc) is 2.67. The molecule has 3 atom stereocenters. The Kier molecular flexibility index (Phi) is 10.6. The van der Waals surface area contributed by atoms with Gasteiger partial charge in [0.05, 0.1) is 40.3 Å². The lowest BCUT2D eigenvalue weighted by Gasteiger charge is -2.32. The molecule has 7 nitrogen and oxygen atoms in total. The Morgan fingerprint density at radius 1 is 1.23 bits per heavy atom. The molecule has 1 aliphatic rings. The van der Waals surface area contributed by atoms with Gasteiger partial charge < -0.3 is 25.3 Å². The van der Waals surface area contributed by atoms with E-state index < -0.39 is 13.0 Å². The molecule has 3 N–H and O–H groups in total. The molecule has 1 aromatic carbocycles. The molecule has 172 valence electrons. The van der Waals surface area contributed by atoms with E-state index in [0.29, 0.717) is 29.9 Å². The number of carbonyl (C=O) groups is 2. The Morgan fingerprint density at radius 2 is 1.84 bits per heavy atom. The van der Waals surface area contributed by atoms with Crippen molar-refractivity contribution in [2.75, 3.05) is 19.6 Å². The third-order valence-corrected chi connectivity index (χ3v) is 6.14. The van der Waals surface area contributed by atoms with Crippen molar-refractivity contribution in [3.05, 3.63) is 32.2 Å². The molecule has 1 heterocycles. The molecule has 1 aromatic rings. The van der Waals surface area contributed by atoms with Crippen LogP contribution in [0.15, 0.2) is 16.6 Å². The van der Waals surface area contributed by atoms with Crippen LogP contribution in [0.5, 0.6) is 0 Å². The summed E-state index contributed by atoms with van der Waals surface area (Å²) in [7, 11) is -0.578. The number of amides is 2. The summed E-state index contributed by atoms with van der Waals surface area (Å²) in [6.45, 7) is 9.24. The van der Waals surface area contributed by atoms with Crippen LogP contribution >= 0.6 is 39.1 Å². The number of carbonyl (C=O) groups excluding carboxylic acids is 2. The van der Waals surface area contributed by atoms with Gasteiger partial charge in [-0.2, -0.15) is 0 Å². The second-order valence-electron chi connectivity index (χ2n) is 8.12. The first-order valence-electron chi connectivity index (χ1n) is 10.3. The van der Waals surface area contributed by atoms with E-state index in [0.717, 1.165) is 0 Å². The van der Waals surface area contributed by atoms with Gasteiger partial charge in [-0.1, -0.05) is 37.0 Å². The highest BCUT2D eigenvalue weighted by Crippen LogP contribution is 2.31. The minimum Gasteiger partial charge on any atom is -0.406 e. The van der Waals surface area contributed by atoms with Crippen molar-refractivity contribution < 1.29 is 18.9 Å². The van der Waals surface area contributed by atoms with Gasteiger partial charge in [-0.3, -0.25) is 9.59 Å². The van der Waals surface area contributed by atoms with Crippen LogP contribution in [0.4, 0.5) is 0 Å². The molecule has 1 saturated heterocycles. The first-order valence-corrected chi connectivity index (χ1v) is 11.9. The second kappa shape index (κ2) is 12.4. The molecule has 0 saturated carbocycles. The van der Waals surface area contributed by atoms with Gasteiger partial charge >= 0.3 is 7.12 Å².